The Labute approximate surface area is 211 Å². The van der Waals surface area contributed by atoms with Crippen LogP contribution in [-0.2, 0) is 22.7 Å². The van der Waals surface area contributed by atoms with Crippen LogP contribution in [0.2, 0.25) is 5.02 Å². The molecular weight excluding hydrogens is 470 g/mol. The number of benzene rings is 1. The third-order valence-corrected chi connectivity index (χ3v) is 8.04. The van der Waals surface area contributed by atoms with Crippen molar-refractivity contribution in [3.8, 4) is 5.75 Å². The Kier molecular flexibility index (Phi) is 7.85. The molecule has 3 heterocycles. The normalized spacial score (nSPS) is 20.7. The maximum Gasteiger partial charge on any atom is 0.246 e. The molecule has 1 atom stereocenters. The summed E-state index contributed by atoms with van der Waals surface area (Å²) in [5.41, 5.74) is 0.242. The van der Waals surface area contributed by atoms with Crippen molar-refractivity contribution in [3.05, 3.63) is 51.2 Å². The van der Waals surface area contributed by atoms with Crippen LogP contribution >= 0.6 is 22.9 Å². The number of likely N-dealkylation sites (tertiary alicyclic amines) is 1. The lowest BCUT2D eigenvalue weighted by Crippen LogP contribution is -2.72. The van der Waals surface area contributed by atoms with E-state index in [4.69, 9.17) is 16.3 Å². The van der Waals surface area contributed by atoms with Gasteiger partial charge in [-0.25, -0.2) is 0 Å². The predicted molar refractivity (Wildman–Crippen MR) is 136 cm³/mol. The molecule has 2 aliphatic heterocycles. The van der Waals surface area contributed by atoms with Crippen LogP contribution in [0, 0.1) is 5.92 Å². The quantitative estimate of drug-likeness (QED) is 0.566. The summed E-state index contributed by atoms with van der Waals surface area (Å²) in [6.07, 6.45) is 1.88. The minimum atomic E-state index is -0.798. The van der Waals surface area contributed by atoms with Crippen molar-refractivity contribution in [1.29, 1.82) is 0 Å². The molecule has 0 radical (unpaired) electrons. The second-order valence-electron chi connectivity index (χ2n) is 9.65. The lowest BCUT2D eigenvalue weighted by Gasteiger charge is -2.51. The van der Waals surface area contributed by atoms with Gasteiger partial charge in [-0.3, -0.25) is 14.5 Å². The van der Waals surface area contributed by atoms with E-state index in [0.717, 1.165) is 29.3 Å². The highest BCUT2D eigenvalue weighted by atomic mass is 35.5. The first-order chi connectivity index (χ1) is 16.3. The second-order valence-corrected chi connectivity index (χ2v) is 11.1. The fourth-order valence-corrected chi connectivity index (χ4v) is 5.95. The zero-order valence-electron chi connectivity index (χ0n) is 20.2. The number of hydrogen-bond donors (Lipinski definition) is 1. The molecule has 1 unspecified atom stereocenters. The van der Waals surface area contributed by atoms with Crippen molar-refractivity contribution < 1.29 is 14.3 Å². The van der Waals surface area contributed by atoms with E-state index in [9.17, 15) is 9.59 Å². The first kappa shape index (κ1) is 25.0. The summed E-state index contributed by atoms with van der Waals surface area (Å²) in [7, 11) is 0. The lowest BCUT2D eigenvalue weighted by molar-refractivity contribution is -0.162. The maximum atomic E-state index is 13.6. The van der Waals surface area contributed by atoms with Crippen LogP contribution in [0.25, 0.3) is 0 Å². The SMILES string of the molecule is CCOc1ccc(CN2CCC3(CC2)C(=O)NC(CC(C)C)C(=O)N3Cc2cccs2)c(Cl)c1. The predicted octanol–water partition coefficient (Wildman–Crippen LogP) is 4.71. The number of carbonyl (C=O) groups is 2. The second kappa shape index (κ2) is 10.7. The number of amides is 2. The number of piperidine rings is 1. The number of thiophene rings is 1. The van der Waals surface area contributed by atoms with Gasteiger partial charge in [0, 0.05) is 29.5 Å². The Balaban J connectivity index is 1.50. The highest BCUT2D eigenvalue weighted by Gasteiger charge is 2.53. The Morgan fingerprint density at radius 3 is 2.59 bits per heavy atom. The van der Waals surface area contributed by atoms with Gasteiger partial charge < -0.3 is 15.0 Å². The number of hydrogen-bond acceptors (Lipinski definition) is 5. The molecule has 34 heavy (non-hydrogen) atoms. The van der Waals surface area contributed by atoms with Gasteiger partial charge in [-0.2, -0.15) is 0 Å². The average molecular weight is 504 g/mol. The van der Waals surface area contributed by atoms with Gasteiger partial charge in [-0.1, -0.05) is 37.6 Å². The number of carbonyl (C=O) groups excluding carboxylic acids is 2. The molecule has 1 N–H and O–H groups in total. The van der Waals surface area contributed by atoms with E-state index < -0.39 is 11.6 Å². The molecule has 6 nitrogen and oxygen atoms in total. The highest BCUT2D eigenvalue weighted by Crippen LogP contribution is 2.36. The Morgan fingerprint density at radius 1 is 1.21 bits per heavy atom. The van der Waals surface area contributed by atoms with Crippen LogP contribution < -0.4 is 10.1 Å². The minimum absolute atomic E-state index is 0.00643. The average Bonchev–Trinajstić information content (AvgIpc) is 3.31. The summed E-state index contributed by atoms with van der Waals surface area (Å²) in [5.74, 6) is 1.14. The summed E-state index contributed by atoms with van der Waals surface area (Å²) in [6, 6.07) is 9.40. The molecule has 1 aromatic heterocycles. The fraction of sp³-hybridized carbons (Fsp3) is 0.538. The van der Waals surface area contributed by atoms with Crippen LogP contribution in [0.15, 0.2) is 35.7 Å². The summed E-state index contributed by atoms with van der Waals surface area (Å²) < 4.78 is 5.54. The van der Waals surface area contributed by atoms with Gasteiger partial charge in [0.15, 0.2) is 0 Å². The highest BCUT2D eigenvalue weighted by molar-refractivity contribution is 7.09. The molecule has 2 aromatic rings. The summed E-state index contributed by atoms with van der Waals surface area (Å²) in [6.45, 7) is 9.35. The molecule has 0 aliphatic carbocycles. The number of piperazine rings is 1. The molecule has 1 aromatic carbocycles. The summed E-state index contributed by atoms with van der Waals surface area (Å²) >= 11 is 8.14. The van der Waals surface area contributed by atoms with Crippen molar-refractivity contribution in [2.24, 2.45) is 5.92 Å². The molecule has 4 rings (SSSR count). The molecule has 2 aliphatic rings. The molecule has 2 amide bonds. The van der Waals surface area contributed by atoms with Crippen LogP contribution in [0.1, 0.15) is 50.5 Å². The van der Waals surface area contributed by atoms with Crippen LogP contribution in [0.3, 0.4) is 0 Å². The lowest BCUT2D eigenvalue weighted by atomic mass is 9.80. The first-order valence-corrected chi connectivity index (χ1v) is 13.4. The fourth-order valence-electron chi connectivity index (χ4n) is 5.03. The van der Waals surface area contributed by atoms with Crippen molar-refractivity contribution in [2.45, 2.75) is 64.7 Å². The van der Waals surface area contributed by atoms with Gasteiger partial charge in [0.2, 0.25) is 11.8 Å². The maximum absolute atomic E-state index is 13.6. The number of nitrogens with zero attached hydrogens (tertiary/aromatic N) is 2. The van der Waals surface area contributed by atoms with E-state index in [-0.39, 0.29) is 11.8 Å². The van der Waals surface area contributed by atoms with Crippen LogP contribution in [0.5, 0.6) is 5.75 Å². The molecule has 1 spiro atoms. The van der Waals surface area contributed by atoms with E-state index in [1.54, 1.807) is 11.3 Å². The standard InChI is InChI=1S/C26H34ClN3O3S/c1-4-33-20-8-7-19(22(27)15-20)16-29-11-9-26(10-12-29)25(32)28-23(14-18(2)3)24(31)30(26)17-21-6-5-13-34-21/h5-8,13,15,18,23H,4,9-12,14,16-17H2,1-3H3,(H,28,32). The molecule has 0 saturated carbocycles. The van der Waals surface area contributed by atoms with E-state index in [0.29, 0.717) is 49.9 Å². The van der Waals surface area contributed by atoms with Crippen molar-refractivity contribution in [1.82, 2.24) is 15.1 Å². The first-order valence-electron chi connectivity index (χ1n) is 12.1. The number of rotatable bonds is 8. The number of halogens is 1. The summed E-state index contributed by atoms with van der Waals surface area (Å²) in [4.78, 5) is 32.4. The zero-order chi connectivity index (χ0) is 24.3. The van der Waals surface area contributed by atoms with Gasteiger partial charge in [0.05, 0.1) is 13.2 Å². The van der Waals surface area contributed by atoms with Gasteiger partial charge in [0.25, 0.3) is 0 Å². The molecule has 8 heteroatoms. The smallest absolute Gasteiger partial charge is 0.246 e. The van der Waals surface area contributed by atoms with E-state index in [1.807, 2.05) is 47.5 Å². The molecule has 2 saturated heterocycles. The van der Waals surface area contributed by atoms with Gasteiger partial charge in [-0.15, -0.1) is 11.3 Å². The van der Waals surface area contributed by atoms with E-state index in [1.165, 1.54) is 0 Å². The Bertz CT molecular complexity index is 1000. The third kappa shape index (κ3) is 5.26. The summed E-state index contributed by atoms with van der Waals surface area (Å²) in [5, 5.41) is 5.79. The van der Waals surface area contributed by atoms with Crippen molar-refractivity contribution in [3.63, 3.8) is 0 Å². The van der Waals surface area contributed by atoms with Gasteiger partial charge >= 0.3 is 0 Å². The largest absolute Gasteiger partial charge is 0.494 e. The van der Waals surface area contributed by atoms with Crippen LogP contribution in [-0.4, -0.2) is 52.9 Å². The van der Waals surface area contributed by atoms with Crippen molar-refractivity contribution >= 4 is 34.8 Å². The van der Waals surface area contributed by atoms with Crippen LogP contribution in [0.4, 0.5) is 0 Å². The molecule has 2 fully saturated rings. The van der Waals surface area contributed by atoms with E-state index >= 15 is 0 Å². The van der Waals surface area contributed by atoms with Gasteiger partial charge in [-0.05, 0) is 61.2 Å². The van der Waals surface area contributed by atoms with E-state index in [2.05, 4.69) is 24.1 Å². The van der Waals surface area contributed by atoms with Gasteiger partial charge in [0.1, 0.15) is 17.3 Å². The molecule has 184 valence electrons. The molecule has 0 bridgehead atoms. The monoisotopic (exact) mass is 503 g/mol. The minimum Gasteiger partial charge on any atom is -0.494 e. The Morgan fingerprint density at radius 2 is 1.97 bits per heavy atom. The zero-order valence-corrected chi connectivity index (χ0v) is 21.8. The van der Waals surface area contributed by atoms with Crippen molar-refractivity contribution in [2.75, 3.05) is 19.7 Å². The topological polar surface area (TPSA) is 61.9 Å². The number of ether oxygens (including phenoxy) is 1. The number of nitrogens with one attached hydrogen (secondary N) is 1. The third-order valence-electron chi connectivity index (χ3n) is 6.82. The Hall–Kier alpha value is -2.09. The molecular formula is C26H34ClN3O3S.